The molecule has 2 amide bonds. The number of hydrogen-bond acceptors (Lipinski definition) is 12. The number of likely N-dealkylation sites (tertiary alicyclic amines) is 1. The minimum absolute atomic E-state index is 0.0434. The second-order valence-corrected chi connectivity index (χ2v) is 15.7. The monoisotopic (exact) mass is 825 g/mol. The quantitative estimate of drug-likeness (QED) is 0.243. The van der Waals surface area contributed by atoms with Gasteiger partial charge in [0.15, 0.2) is 17.1 Å². The Hall–Kier alpha value is -6.44. The van der Waals surface area contributed by atoms with E-state index < -0.39 is 48.7 Å². The number of aromatic nitrogens is 8. The van der Waals surface area contributed by atoms with Gasteiger partial charge in [0.2, 0.25) is 17.8 Å². The molecule has 310 valence electrons. The summed E-state index contributed by atoms with van der Waals surface area (Å²) in [5.74, 6) is -0.670. The summed E-state index contributed by atoms with van der Waals surface area (Å²) < 4.78 is 65.6. The Morgan fingerprint density at radius 3 is 2.58 bits per heavy atom. The highest BCUT2D eigenvalue weighted by Gasteiger charge is 2.52. The smallest absolute Gasteiger partial charge is 0.255 e. The molecular weight excluding hydrogens is 787 g/mol. The number of methoxy groups -OCH3 is 1. The molecule has 6 bridgehead atoms. The Kier molecular flexibility index (Phi) is 9.06. The number of ether oxygens (including phenoxy) is 1. The zero-order valence-electron chi connectivity index (χ0n) is 32.7. The van der Waals surface area contributed by atoms with Crippen LogP contribution in [0.15, 0.2) is 54.9 Å². The summed E-state index contributed by atoms with van der Waals surface area (Å²) in [5.41, 5.74) is 2.96. The number of carbonyl (C=O) groups excluding carboxylic acids is 2. The van der Waals surface area contributed by atoms with Crippen LogP contribution in [0.3, 0.4) is 0 Å². The second kappa shape index (κ2) is 14.4. The molecule has 0 radical (unpaired) electrons. The average molecular weight is 826 g/mol. The summed E-state index contributed by atoms with van der Waals surface area (Å²) in [6.07, 6.45) is 0.769. The average Bonchev–Trinajstić information content (AvgIpc) is 3.92. The number of nitrogens with zero attached hydrogens (tertiary/aromatic N) is 12. The first-order valence-electron chi connectivity index (χ1n) is 19.6. The number of anilines is 3. The fourth-order valence-electron chi connectivity index (χ4n) is 9.16. The molecule has 1 unspecified atom stereocenters. The van der Waals surface area contributed by atoms with Crippen LogP contribution >= 0.6 is 0 Å². The molecule has 60 heavy (non-hydrogen) atoms. The summed E-state index contributed by atoms with van der Waals surface area (Å²) in [6.45, 7) is 2.10. The van der Waals surface area contributed by atoms with Crippen LogP contribution in [0.25, 0.3) is 39.1 Å². The van der Waals surface area contributed by atoms with Crippen LogP contribution in [0.2, 0.25) is 0 Å². The number of hydrogen-bond donors (Lipinski definition) is 1. The number of pyridine rings is 2. The summed E-state index contributed by atoms with van der Waals surface area (Å²) in [5, 5.41) is 8.40. The molecule has 6 aromatic rings. The van der Waals surface area contributed by atoms with Gasteiger partial charge >= 0.3 is 0 Å². The van der Waals surface area contributed by atoms with Crippen molar-refractivity contribution in [2.45, 2.75) is 63.0 Å². The fourth-order valence-corrected chi connectivity index (χ4v) is 9.16. The Labute approximate surface area is 339 Å². The van der Waals surface area contributed by atoms with Gasteiger partial charge in [-0.1, -0.05) is 6.07 Å². The third kappa shape index (κ3) is 6.22. The van der Waals surface area contributed by atoms with E-state index in [1.165, 1.54) is 16.9 Å². The third-order valence-electron chi connectivity index (χ3n) is 12.0. The van der Waals surface area contributed by atoms with E-state index in [1.54, 1.807) is 30.2 Å². The van der Waals surface area contributed by atoms with Crippen molar-refractivity contribution in [1.82, 2.24) is 49.1 Å². The van der Waals surface area contributed by atoms with Gasteiger partial charge in [0.25, 0.3) is 6.43 Å². The van der Waals surface area contributed by atoms with Crippen LogP contribution in [-0.4, -0.2) is 138 Å². The van der Waals surface area contributed by atoms with E-state index in [2.05, 4.69) is 15.4 Å². The number of amides is 2. The standard InChI is InChI=1S/C40H39F4N13O3/c1-20-47-35-34-25(9-10-45-35)28-5-4-6-33(49-28)48-22-12-30(38(58)52(2)17-24(60-3)18-54(20)34)55(15-22)36-26-14-46-57(29-8-7-21(41)11-27(29)42)37(26)51-40(50-36)56-23-13-31(56)39(59)53(16-23)19-32(43)44/h4-11,14,22-24,30-32H,12-13,15-19H2,1-3H3,(H,48,49)/t22-,23+,24-,30-,31?/m0/s1. The first kappa shape index (κ1) is 37.8. The number of benzene rings is 1. The first-order chi connectivity index (χ1) is 28.9. The van der Waals surface area contributed by atoms with Gasteiger partial charge in [0, 0.05) is 57.7 Å². The predicted octanol–water partition coefficient (Wildman–Crippen LogP) is 3.81. The fraction of sp³-hybridized carbons (Fsp3) is 0.400. The number of imidazole rings is 1. The number of likely N-dealkylation sites (N-methyl/N-ethyl adjacent to an activating group) is 1. The summed E-state index contributed by atoms with van der Waals surface area (Å²) >= 11 is 0. The Morgan fingerprint density at radius 2 is 1.80 bits per heavy atom. The lowest BCUT2D eigenvalue weighted by Gasteiger charge is -2.55. The summed E-state index contributed by atoms with van der Waals surface area (Å²) in [4.78, 5) is 58.7. The van der Waals surface area contributed by atoms with Crippen LogP contribution in [0.5, 0.6) is 0 Å². The summed E-state index contributed by atoms with van der Waals surface area (Å²) in [6, 6.07) is 8.38. The van der Waals surface area contributed by atoms with Crippen molar-refractivity contribution in [3.8, 4) is 16.9 Å². The first-order valence-corrected chi connectivity index (χ1v) is 19.6. The maximum Gasteiger partial charge on any atom is 0.255 e. The molecule has 5 aromatic heterocycles. The van der Waals surface area contributed by atoms with Gasteiger partial charge < -0.3 is 34.2 Å². The number of halogens is 4. The van der Waals surface area contributed by atoms with E-state index >= 15 is 4.39 Å². The molecule has 20 heteroatoms. The maximum absolute atomic E-state index is 15.4. The number of fused-ring (bicyclic) bond motifs is 8. The van der Waals surface area contributed by atoms with Gasteiger partial charge in [-0.3, -0.25) is 9.59 Å². The Morgan fingerprint density at radius 1 is 0.950 bits per heavy atom. The van der Waals surface area contributed by atoms with Crippen LogP contribution in [0, 0.1) is 18.6 Å². The van der Waals surface area contributed by atoms with E-state index in [4.69, 9.17) is 24.7 Å². The molecule has 5 atom stereocenters. The van der Waals surface area contributed by atoms with E-state index in [-0.39, 0.29) is 54.9 Å². The molecule has 1 N–H and O–H groups in total. The highest BCUT2D eigenvalue weighted by atomic mass is 19.3. The molecule has 4 aliphatic rings. The van der Waals surface area contributed by atoms with Crippen LogP contribution < -0.4 is 15.1 Å². The van der Waals surface area contributed by atoms with Crippen LogP contribution in [0.1, 0.15) is 18.7 Å². The van der Waals surface area contributed by atoms with Crippen LogP contribution in [-0.2, 0) is 20.9 Å². The van der Waals surface area contributed by atoms with Crippen molar-refractivity contribution in [1.29, 1.82) is 0 Å². The van der Waals surface area contributed by atoms with Gasteiger partial charge in [0.1, 0.15) is 41.0 Å². The van der Waals surface area contributed by atoms with E-state index in [0.29, 0.717) is 47.7 Å². The van der Waals surface area contributed by atoms with Gasteiger partial charge in [-0.15, -0.1) is 0 Å². The molecule has 0 saturated carbocycles. The van der Waals surface area contributed by atoms with Gasteiger partial charge in [0.05, 0.1) is 48.0 Å². The highest BCUT2D eigenvalue weighted by molar-refractivity contribution is 5.95. The molecule has 10 rings (SSSR count). The molecule has 0 aliphatic carbocycles. The lowest BCUT2D eigenvalue weighted by atomic mass is 9.87. The van der Waals surface area contributed by atoms with E-state index in [0.717, 1.165) is 33.9 Å². The molecule has 0 spiro atoms. The minimum atomic E-state index is -2.69. The second-order valence-electron chi connectivity index (χ2n) is 15.7. The number of rotatable bonds is 6. The topological polar surface area (TPSA) is 156 Å². The Bertz CT molecular complexity index is 2690. The van der Waals surface area contributed by atoms with E-state index in [1.807, 2.05) is 40.7 Å². The Balaban J connectivity index is 1.09. The van der Waals surface area contributed by atoms with Crippen molar-refractivity contribution in [2.75, 3.05) is 55.5 Å². The van der Waals surface area contributed by atoms with E-state index in [9.17, 15) is 22.8 Å². The minimum Gasteiger partial charge on any atom is -0.378 e. The normalized spacial score (nSPS) is 23.0. The molecule has 3 saturated heterocycles. The number of carbonyl (C=O) groups is 2. The molecular formula is C40H39F4N13O3. The SMILES string of the molecule is CO[C@H]1CN(C)C(=O)[C@@H]2C[C@@H](CN2c2nc(N3C4C[C@@H]3CN(CC(F)F)C4=O)nc3c2cnn3-c2ccc(F)cc2F)Nc2cccc(n2)-c2ccnc3nc(C)n(c23)C1. The lowest BCUT2D eigenvalue weighted by Crippen LogP contribution is -2.72. The number of nitrogens with one attached hydrogen (secondary N) is 1. The number of piperidine rings is 1. The van der Waals surface area contributed by atoms with Gasteiger partial charge in [-0.05, 0) is 50.1 Å². The van der Waals surface area contributed by atoms with Crippen molar-refractivity contribution in [3.05, 3.63) is 72.3 Å². The van der Waals surface area contributed by atoms with Crippen molar-refractivity contribution in [3.63, 3.8) is 0 Å². The number of aryl methyl sites for hydroxylation is 1. The third-order valence-corrected chi connectivity index (χ3v) is 12.0. The maximum atomic E-state index is 15.4. The van der Waals surface area contributed by atoms with Crippen LogP contribution in [0.4, 0.5) is 35.1 Å². The largest absolute Gasteiger partial charge is 0.378 e. The summed E-state index contributed by atoms with van der Waals surface area (Å²) in [7, 11) is 3.32. The zero-order chi connectivity index (χ0) is 41.6. The van der Waals surface area contributed by atoms with Gasteiger partial charge in [-0.25, -0.2) is 37.2 Å². The number of piperazine rings is 1. The zero-order valence-corrected chi connectivity index (χ0v) is 32.7. The number of alkyl halides is 2. The molecule has 1 aromatic carbocycles. The van der Waals surface area contributed by atoms with Crippen molar-refractivity contribution < 1.29 is 31.9 Å². The molecule has 16 nitrogen and oxygen atoms in total. The lowest BCUT2D eigenvalue weighted by molar-refractivity contribution is -0.142. The van der Waals surface area contributed by atoms with Gasteiger partial charge in [-0.2, -0.15) is 15.1 Å². The molecule has 9 heterocycles. The molecule has 4 aliphatic heterocycles. The van der Waals surface area contributed by atoms with Crippen molar-refractivity contribution >= 4 is 51.6 Å². The molecule has 3 fully saturated rings. The van der Waals surface area contributed by atoms with Crippen molar-refractivity contribution in [2.24, 2.45) is 0 Å². The highest BCUT2D eigenvalue weighted by Crippen LogP contribution is 2.41. The predicted molar refractivity (Wildman–Crippen MR) is 211 cm³/mol.